The summed E-state index contributed by atoms with van der Waals surface area (Å²) in [7, 11) is 1.54. The smallest absolute Gasteiger partial charge is 0.434 e. The van der Waals surface area contributed by atoms with Gasteiger partial charge in [-0.25, -0.2) is 9.59 Å². The monoisotopic (exact) mass is 275 g/mol. The Labute approximate surface area is 115 Å². The highest BCUT2D eigenvalue weighted by Crippen LogP contribution is 1.94. The second kappa shape index (κ2) is 5.96. The zero-order valence-corrected chi connectivity index (χ0v) is 11.2. The SMILES string of the molecule is CCOC(=O)c1c(=O)n(/N=C\c2ccccc2)[nH][n+]1C. The topological polar surface area (TPSA) is 80.3 Å². The van der Waals surface area contributed by atoms with Crippen molar-refractivity contribution in [1.82, 2.24) is 10.0 Å². The number of aromatic amines is 1. The van der Waals surface area contributed by atoms with Crippen molar-refractivity contribution < 1.29 is 14.2 Å². The van der Waals surface area contributed by atoms with Gasteiger partial charge >= 0.3 is 17.2 Å². The van der Waals surface area contributed by atoms with Gasteiger partial charge in [0.2, 0.25) is 0 Å². The summed E-state index contributed by atoms with van der Waals surface area (Å²) in [4.78, 5) is 24.7. The number of esters is 1. The van der Waals surface area contributed by atoms with E-state index in [1.807, 2.05) is 30.3 Å². The number of rotatable bonds is 4. The second-order valence-electron chi connectivity index (χ2n) is 4.00. The average Bonchev–Trinajstić information content (AvgIpc) is 2.72. The first-order chi connectivity index (χ1) is 9.63. The fourth-order valence-electron chi connectivity index (χ4n) is 1.65. The van der Waals surface area contributed by atoms with E-state index in [1.165, 1.54) is 10.9 Å². The summed E-state index contributed by atoms with van der Waals surface area (Å²) in [6.07, 6.45) is 1.52. The molecule has 7 nitrogen and oxygen atoms in total. The molecule has 0 atom stereocenters. The molecule has 0 spiro atoms. The van der Waals surface area contributed by atoms with Crippen LogP contribution in [0.2, 0.25) is 0 Å². The van der Waals surface area contributed by atoms with Crippen molar-refractivity contribution in [3.05, 3.63) is 51.9 Å². The highest BCUT2D eigenvalue weighted by atomic mass is 16.5. The standard InChI is InChI=1S/C13H14N4O3/c1-3-20-13(19)11-12(18)17(15-16(11)2)14-9-10-7-5-4-6-8-10/h4-9H,3H2,1-2H3/p+1/b14-9-. The van der Waals surface area contributed by atoms with Crippen molar-refractivity contribution in [2.45, 2.75) is 6.92 Å². The Morgan fingerprint density at radius 1 is 1.45 bits per heavy atom. The Bertz CT molecular complexity index is 685. The van der Waals surface area contributed by atoms with Crippen molar-refractivity contribution in [1.29, 1.82) is 0 Å². The Balaban J connectivity index is 2.31. The molecule has 0 fully saturated rings. The maximum absolute atomic E-state index is 12.0. The molecule has 0 radical (unpaired) electrons. The second-order valence-corrected chi connectivity index (χ2v) is 4.00. The lowest BCUT2D eigenvalue weighted by Crippen LogP contribution is -2.39. The molecule has 0 amide bonds. The Kier molecular flexibility index (Phi) is 4.09. The molecule has 0 bridgehead atoms. The van der Waals surface area contributed by atoms with E-state index in [0.717, 1.165) is 10.4 Å². The van der Waals surface area contributed by atoms with Gasteiger partial charge in [-0.15, -0.1) is 4.68 Å². The van der Waals surface area contributed by atoms with Crippen LogP contribution in [0.25, 0.3) is 0 Å². The zero-order valence-electron chi connectivity index (χ0n) is 11.2. The van der Waals surface area contributed by atoms with Crippen LogP contribution in [0.15, 0.2) is 40.2 Å². The summed E-state index contributed by atoms with van der Waals surface area (Å²) >= 11 is 0. The van der Waals surface area contributed by atoms with E-state index in [4.69, 9.17) is 4.74 Å². The summed E-state index contributed by atoms with van der Waals surface area (Å²) in [6, 6.07) is 9.32. The number of ether oxygens (including phenoxy) is 1. The minimum atomic E-state index is -0.676. The van der Waals surface area contributed by atoms with Crippen LogP contribution >= 0.6 is 0 Å². The van der Waals surface area contributed by atoms with Crippen LogP contribution in [-0.2, 0) is 11.8 Å². The van der Waals surface area contributed by atoms with Gasteiger partial charge in [0.1, 0.15) is 7.05 Å². The maximum Gasteiger partial charge on any atom is 0.434 e. The van der Waals surface area contributed by atoms with Crippen LogP contribution in [0.4, 0.5) is 0 Å². The van der Waals surface area contributed by atoms with Crippen molar-refractivity contribution in [3.8, 4) is 0 Å². The fourth-order valence-corrected chi connectivity index (χ4v) is 1.65. The quantitative estimate of drug-likeness (QED) is 0.487. The third-order valence-electron chi connectivity index (χ3n) is 2.57. The molecule has 1 aromatic carbocycles. The number of nitrogens with one attached hydrogen (secondary N) is 1. The molecule has 2 aromatic rings. The minimum Gasteiger partial charge on any atom is -0.459 e. The van der Waals surface area contributed by atoms with E-state index in [2.05, 4.69) is 10.3 Å². The largest absolute Gasteiger partial charge is 0.459 e. The summed E-state index contributed by atoms with van der Waals surface area (Å²) in [5.74, 6) is -0.676. The third kappa shape index (κ3) is 2.82. The first-order valence-corrected chi connectivity index (χ1v) is 6.11. The van der Waals surface area contributed by atoms with Crippen molar-refractivity contribution in [2.24, 2.45) is 12.1 Å². The fraction of sp³-hybridized carbons (Fsp3) is 0.231. The molecular formula is C13H15N4O3+. The van der Waals surface area contributed by atoms with E-state index in [9.17, 15) is 9.59 Å². The highest BCUT2D eigenvalue weighted by molar-refractivity contribution is 5.85. The predicted molar refractivity (Wildman–Crippen MR) is 71.6 cm³/mol. The van der Waals surface area contributed by atoms with Gasteiger partial charge in [0.15, 0.2) is 0 Å². The van der Waals surface area contributed by atoms with Crippen LogP contribution < -0.4 is 10.2 Å². The minimum absolute atomic E-state index is 0.0999. The molecular weight excluding hydrogens is 260 g/mol. The highest BCUT2D eigenvalue weighted by Gasteiger charge is 2.27. The Morgan fingerprint density at radius 3 is 2.80 bits per heavy atom. The number of carbonyl (C=O) groups excluding carboxylic acids is 1. The van der Waals surface area contributed by atoms with Gasteiger partial charge in [0, 0.05) is 4.79 Å². The summed E-state index contributed by atoms with van der Waals surface area (Å²) in [5.41, 5.74) is 0.185. The van der Waals surface area contributed by atoms with Gasteiger partial charge in [0.25, 0.3) is 0 Å². The van der Waals surface area contributed by atoms with Crippen molar-refractivity contribution in [2.75, 3.05) is 6.61 Å². The van der Waals surface area contributed by atoms with Crippen molar-refractivity contribution in [3.63, 3.8) is 0 Å². The molecule has 0 aliphatic rings. The lowest BCUT2D eigenvalue weighted by molar-refractivity contribution is -0.734. The maximum atomic E-state index is 12.0. The van der Waals surface area contributed by atoms with E-state index in [0.29, 0.717) is 0 Å². The summed E-state index contributed by atoms with van der Waals surface area (Å²) in [6.45, 7) is 1.88. The summed E-state index contributed by atoms with van der Waals surface area (Å²) in [5, 5.41) is 6.64. The lowest BCUT2D eigenvalue weighted by atomic mass is 10.2. The van der Waals surface area contributed by atoms with E-state index in [1.54, 1.807) is 14.0 Å². The molecule has 0 aliphatic carbocycles. The third-order valence-corrected chi connectivity index (χ3v) is 2.57. The number of nitrogens with zero attached hydrogens (tertiary/aromatic N) is 3. The van der Waals surface area contributed by atoms with Crippen LogP contribution in [0.3, 0.4) is 0 Å². The van der Waals surface area contributed by atoms with Gasteiger partial charge < -0.3 is 4.74 Å². The van der Waals surface area contributed by atoms with E-state index >= 15 is 0 Å². The normalized spacial score (nSPS) is 10.9. The average molecular weight is 275 g/mol. The molecule has 7 heteroatoms. The van der Waals surface area contributed by atoms with Crippen molar-refractivity contribution >= 4 is 12.2 Å². The number of aromatic nitrogens is 3. The predicted octanol–water partition coefficient (Wildman–Crippen LogP) is 0.0598. The Hall–Kier alpha value is -2.70. The molecule has 0 unspecified atom stereocenters. The number of hydrogen-bond acceptors (Lipinski definition) is 4. The number of hydrogen-bond donors (Lipinski definition) is 1. The number of carbonyl (C=O) groups is 1. The lowest BCUT2D eigenvalue weighted by Gasteiger charge is -1.94. The number of benzene rings is 1. The molecule has 0 aliphatic heterocycles. The van der Waals surface area contributed by atoms with Crippen LogP contribution in [0, 0.1) is 0 Å². The number of H-pyrrole nitrogens is 1. The van der Waals surface area contributed by atoms with Gasteiger partial charge in [-0.2, -0.15) is 0 Å². The van der Waals surface area contributed by atoms with Gasteiger partial charge in [0.05, 0.1) is 12.8 Å². The molecule has 104 valence electrons. The van der Waals surface area contributed by atoms with E-state index in [-0.39, 0.29) is 12.3 Å². The molecule has 20 heavy (non-hydrogen) atoms. The molecule has 2 rings (SSSR count). The van der Waals surface area contributed by atoms with Crippen LogP contribution in [-0.4, -0.2) is 28.8 Å². The van der Waals surface area contributed by atoms with Crippen LogP contribution in [0.1, 0.15) is 23.0 Å². The molecule has 0 saturated heterocycles. The van der Waals surface area contributed by atoms with Gasteiger partial charge in [-0.1, -0.05) is 40.6 Å². The van der Waals surface area contributed by atoms with Gasteiger partial charge in [-0.05, 0) is 12.5 Å². The summed E-state index contributed by atoms with van der Waals surface area (Å²) < 4.78 is 6.10. The van der Waals surface area contributed by atoms with E-state index < -0.39 is 11.5 Å². The first kappa shape index (κ1) is 13.7. The molecule has 1 N–H and O–H groups in total. The number of aryl methyl sites for hydroxylation is 1. The van der Waals surface area contributed by atoms with Gasteiger partial charge in [-0.3, -0.25) is 0 Å². The molecule has 1 aromatic heterocycles. The zero-order chi connectivity index (χ0) is 14.5. The molecule has 1 heterocycles. The first-order valence-electron chi connectivity index (χ1n) is 6.11. The molecule has 0 saturated carbocycles. The van der Waals surface area contributed by atoms with Crippen LogP contribution in [0.5, 0.6) is 0 Å². The Morgan fingerprint density at radius 2 is 2.15 bits per heavy atom.